The lowest BCUT2D eigenvalue weighted by molar-refractivity contribution is -0.0609. The molecule has 0 aliphatic carbocycles. The molecule has 0 saturated carbocycles. The molecule has 0 saturated heterocycles. The molecule has 1 aromatic carbocycles. The average Bonchev–Trinajstić information content (AvgIpc) is 2.80. The van der Waals surface area contributed by atoms with E-state index < -0.39 is 11.9 Å². The van der Waals surface area contributed by atoms with Crippen LogP contribution in [0.2, 0.25) is 0 Å². The summed E-state index contributed by atoms with van der Waals surface area (Å²) in [6, 6.07) is 6.62. The fourth-order valence-corrected chi connectivity index (χ4v) is 3.32. The fraction of sp³-hybridized carbons (Fsp3) is 0.462. The number of alkyl halides is 3. The molecule has 0 amide bonds. The van der Waals surface area contributed by atoms with Gasteiger partial charge < -0.3 is 19.0 Å². The molecule has 0 fully saturated rings. The summed E-state index contributed by atoms with van der Waals surface area (Å²) in [4.78, 5) is 8.06. The molecule has 192 valence electrons. The minimum atomic E-state index is -4.66. The maximum Gasteiger partial charge on any atom is 0.438 e. The van der Waals surface area contributed by atoms with E-state index in [9.17, 15) is 13.2 Å². The fourth-order valence-electron chi connectivity index (χ4n) is 3.32. The van der Waals surface area contributed by atoms with E-state index in [4.69, 9.17) is 14.2 Å². The predicted octanol–water partition coefficient (Wildman–Crippen LogP) is 6.58. The summed E-state index contributed by atoms with van der Waals surface area (Å²) in [7, 11) is 1.05. The summed E-state index contributed by atoms with van der Waals surface area (Å²) < 4.78 is 56.2. The van der Waals surface area contributed by atoms with E-state index in [1.807, 2.05) is 45.1 Å². The Hall–Kier alpha value is -3.23. The van der Waals surface area contributed by atoms with Gasteiger partial charge in [0.25, 0.3) is 0 Å². The molecule has 0 bridgehead atoms. The Morgan fingerprint density at radius 2 is 1.60 bits per heavy atom. The zero-order valence-electron chi connectivity index (χ0n) is 20.7. The number of allylic oxidation sites excluding steroid dienone is 1. The minimum Gasteiger partial charge on any atom is -0.493 e. The molecule has 2 rings (SSSR count). The van der Waals surface area contributed by atoms with Gasteiger partial charge in [0, 0.05) is 0 Å². The van der Waals surface area contributed by atoms with Crippen LogP contribution in [0.25, 0.3) is 0 Å². The topological polar surface area (TPSA) is 62.2 Å². The lowest BCUT2D eigenvalue weighted by atomic mass is 10.1. The van der Waals surface area contributed by atoms with E-state index in [0.29, 0.717) is 25.6 Å². The highest BCUT2D eigenvalue weighted by Gasteiger charge is 2.38. The molecule has 0 atom stereocenters. The van der Waals surface area contributed by atoms with Gasteiger partial charge in [0.1, 0.15) is 31.0 Å². The largest absolute Gasteiger partial charge is 0.493 e. The number of oxime groups is 1. The molecule has 0 radical (unpaired) electrons. The molecule has 0 aliphatic rings. The highest BCUT2D eigenvalue weighted by Crippen LogP contribution is 2.29. The SMILES string of the molecule is C/C=C/COc1cc(C)c(OCCCCCCOc2ccc(/C(=N/OC)C(F)(F)F)nc2)c(C)c1. The van der Waals surface area contributed by atoms with Crippen LogP contribution in [0.1, 0.15) is 49.4 Å². The van der Waals surface area contributed by atoms with Gasteiger partial charge in [-0.15, -0.1) is 0 Å². The second kappa shape index (κ2) is 14.2. The molecule has 0 N–H and O–H groups in total. The Balaban J connectivity index is 1.67. The Bertz CT molecular complexity index is 951. The summed E-state index contributed by atoms with van der Waals surface area (Å²) in [6.45, 7) is 7.60. The van der Waals surface area contributed by atoms with E-state index in [1.54, 1.807) is 0 Å². The van der Waals surface area contributed by atoms with Gasteiger partial charge in [-0.3, -0.25) is 4.98 Å². The number of nitrogens with zero attached hydrogens (tertiary/aromatic N) is 2. The zero-order valence-corrected chi connectivity index (χ0v) is 20.7. The van der Waals surface area contributed by atoms with Gasteiger partial charge in [-0.05, 0) is 81.8 Å². The maximum absolute atomic E-state index is 13.0. The number of benzene rings is 1. The molecule has 1 heterocycles. The van der Waals surface area contributed by atoms with Crippen LogP contribution < -0.4 is 14.2 Å². The Morgan fingerprint density at radius 3 is 2.14 bits per heavy atom. The van der Waals surface area contributed by atoms with Gasteiger partial charge in [0.2, 0.25) is 5.71 Å². The van der Waals surface area contributed by atoms with Gasteiger partial charge in [0.05, 0.1) is 25.1 Å². The lowest BCUT2D eigenvalue weighted by Crippen LogP contribution is -2.25. The number of rotatable bonds is 14. The third kappa shape index (κ3) is 9.50. The minimum absolute atomic E-state index is 0.326. The van der Waals surface area contributed by atoms with Crippen LogP contribution in [0.5, 0.6) is 17.2 Å². The first-order valence-corrected chi connectivity index (χ1v) is 11.5. The van der Waals surface area contributed by atoms with Crippen LogP contribution in [0, 0.1) is 13.8 Å². The highest BCUT2D eigenvalue weighted by molar-refractivity contribution is 6.02. The standard InChI is InChI=1S/C26H33F3N2O4/c1-5-6-13-34-22-16-19(2)24(20(3)17-22)35-15-10-8-7-9-14-33-21-11-12-23(30-18-21)25(31-32-4)26(27,28)29/h5-6,11-12,16-18H,7-10,13-15H2,1-4H3/b6-5+,31-25-. The van der Waals surface area contributed by atoms with Crippen molar-refractivity contribution in [3.8, 4) is 17.2 Å². The van der Waals surface area contributed by atoms with Crippen molar-refractivity contribution >= 4 is 5.71 Å². The van der Waals surface area contributed by atoms with Crippen molar-refractivity contribution in [1.29, 1.82) is 0 Å². The summed E-state index contributed by atoms with van der Waals surface area (Å²) in [5, 5.41) is 3.02. The van der Waals surface area contributed by atoms with Crippen molar-refractivity contribution in [2.45, 2.75) is 52.6 Å². The second-order valence-electron chi connectivity index (χ2n) is 7.88. The van der Waals surface area contributed by atoms with Gasteiger partial charge in [0.15, 0.2) is 0 Å². The van der Waals surface area contributed by atoms with Crippen LogP contribution >= 0.6 is 0 Å². The first-order chi connectivity index (χ1) is 16.8. The molecule has 9 heteroatoms. The Morgan fingerprint density at radius 1 is 0.943 bits per heavy atom. The smallest absolute Gasteiger partial charge is 0.438 e. The van der Waals surface area contributed by atoms with E-state index in [2.05, 4.69) is 15.0 Å². The van der Waals surface area contributed by atoms with Gasteiger partial charge in [-0.1, -0.05) is 17.3 Å². The van der Waals surface area contributed by atoms with Crippen LogP contribution in [-0.4, -0.2) is 43.8 Å². The lowest BCUT2D eigenvalue weighted by Gasteiger charge is -2.14. The Labute approximate surface area is 204 Å². The molecule has 0 unspecified atom stereocenters. The van der Waals surface area contributed by atoms with Crippen LogP contribution in [0.3, 0.4) is 0 Å². The quantitative estimate of drug-likeness (QED) is 0.128. The number of unbranched alkanes of at least 4 members (excludes halogenated alkanes) is 3. The van der Waals surface area contributed by atoms with Crippen LogP contribution in [0.15, 0.2) is 47.8 Å². The molecular formula is C26H33F3N2O4. The number of aromatic nitrogens is 1. The maximum atomic E-state index is 13.0. The Kier molecular flexibility index (Phi) is 11.4. The van der Waals surface area contributed by atoms with Crippen molar-refractivity contribution < 1.29 is 32.2 Å². The number of halogens is 3. The van der Waals surface area contributed by atoms with Crippen molar-refractivity contribution in [3.63, 3.8) is 0 Å². The van der Waals surface area contributed by atoms with E-state index in [1.165, 1.54) is 18.3 Å². The van der Waals surface area contributed by atoms with E-state index in [-0.39, 0.29) is 5.69 Å². The van der Waals surface area contributed by atoms with E-state index in [0.717, 1.165) is 55.4 Å². The third-order valence-electron chi connectivity index (χ3n) is 5.00. The molecule has 35 heavy (non-hydrogen) atoms. The molecule has 0 spiro atoms. The normalized spacial score (nSPS) is 12.1. The first kappa shape index (κ1) is 28.0. The number of aryl methyl sites for hydroxylation is 2. The van der Waals surface area contributed by atoms with Crippen LogP contribution in [-0.2, 0) is 4.84 Å². The zero-order chi connectivity index (χ0) is 25.7. The summed E-state index contributed by atoms with van der Waals surface area (Å²) in [6.07, 6.45) is 4.16. The molecule has 0 aliphatic heterocycles. The van der Waals surface area contributed by atoms with Gasteiger partial charge >= 0.3 is 6.18 Å². The number of pyridine rings is 1. The van der Waals surface area contributed by atoms with E-state index >= 15 is 0 Å². The van der Waals surface area contributed by atoms with Gasteiger partial charge in [-0.25, -0.2) is 0 Å². The first-order valence-electron chi connectivity index (χ1n) is 11.5. The van der Waals surface area contributed by atoms with Crippen molar-refractivity contribution in [2.24, 2.45) is 5.16 Å². The summed E-state index contributed by atoms with van der Waals surface area (Å²) in [5.41, 5.74) is 0.578. The second-order valence-corrected chi connectivity index (χ2v) is 7.88. The van der Waals surface area contributed by atoms with Gasteiger partial charge in [-0.2, -0.15) is 13.2 Å². The average molecular weight is 495 g/mol. The monoisotopic (exact) mass is 494 g/mol. The molecule has 1 aromatic heterocycles. The number of hydrogen-bond acceptors (Lipinski definition) is 6. The molecule has 2 aromatic rings. The van der Waals surface area contributed by atoms with Crippen molar-refractivity contribution in [3.05, 3.63) is 59.4 Å². The van der Waals surface area contributed by atoms with Crippen molar-refractivity contribution in [1.82, 2.24) is 4.98 Å². The number of ether oxygens (including phenoxy) is 3. The highest BCUT2D eigenvalue weighted by atomic mass is 19.4. The van der Waals surface area contributed by atoms with Crippen LogP contribution in [0.4, 0.5) is 13.2 Å². The van der Waals surface area contributed by atoms with Crippen molar-refractivity contribution in [2.75, 3.05) is 26.9 Å². The molecular weight excluding hydrogens is 461 g/mol. The predicted molar refractivity (Wildman–Crippen MR) is 130 cm³/mol. The third-order valence-corrected chi connectivity index (χ3v) is 5.00. The number of hydrogen-bond donors (Lipinski definition) is 0. The summed E-state index contributed by atoms with van der Waals surface area (Å²) in [5.74, 6) is 2.13. The summed E-state index contributed by atoms with van der Waals surface area (Å²) >= 11 is 0. The molecule has 6 nitrogen and oxygen atoms in total.